The number of hydrogen-bond donors (Lipinski definition) is 1. The quantitative estimate of drug-likeness (QED) is 0.798. The van der Waals surface area contributed by atoms with Gasteiger partial charge in [-0.15, -0.1) is 0 Å². The Morgan fingerprint density at radius 3 is 2.50 bits per heavy atom. The van der Waals surface area contributed by atoms with Crippen LogP contribution >= 0.6 is 23.2 Å². The summed E-state index contributed by atoms with van der Waals surface area (Å²) in [5.41, 5.74) is 0.500. The predicted octanol–water partition coefficient (Wildman–Crippen LogP) is 3.04. The van der Waals surface area contributed by atoms with Crippen molar-refractivity contribution in [1.82, 2.24) is 9.80 Å². The van der Waals surface area contributed by atoms with E-state index >= 15 is 0 Å². The average Bonchev–Trinajstić information content (AvgIpc) is 2.96. The van der Waals surface area contributed by atoms with Gasteiger partial charge < -0.3 is 15.1 Å². The van der Waals surface area contributed by atoms with E-state index in [0.29, 0.717) is 28.7 Å². The Labute approximate surface area is 163 Å². The second kappa shape index (κ2) is 8.73. The highest BCUT2D eigenvalue weighted by Gasteiger charge is 2.36. The number of anilines is 1. The van der Waals surface area contributed by atoms with Crippen molar-refractivity contribution in [3.8, 4) is 0 Å². The Bertz CT molecular complexity index is 709. The third-order valence-corrected chi connectivity index (χ3v) is 5.03. The van der Waals surface area contributed by atoms with Gasteiger partial charge in [-0.3, -0.25) is 14.4 Å². The first kappa shape index (κ1) is 20.5. The van der Waals surface area contributed by atoms with Crippen molar-refractivity contribution in [3.63, 3.8) is 0 Å². The monoisotopic (exact) mass is 399 g/mol. The number of nitrogens with zero attached hydrogens (tertiary/aromatic N) is 2. The maximum Gasteiger partial charge on any atom is 0.245 e. The number of amides is 3. The number of rotatable bonds is 6. The van der Waals surface area contributed by atoms with Gasteiger partial charge in [0, 0.05) is 25.7 Å². The highest BCUT2D eigenvalue weighted by Crippen LogP contribution is 2.25. The van der Waals surface area contributed by atoms with Gasteiger partial charge in [0.15, 0.2) is 0 Å². The minimum absolute atomic E-state index is 0.00860. The molecule has 142 valence electrons. The maximum atomic E-state index is 12.8. The number of likely N-dealkylation sites (N-methyl/N-ethyl adjacent to an activating group) is 1. The molecular weight excluding hydrogens is 377 g/mol. The van der Waals surface area contributed by atoms with Crippen LogP contribution in [-0.2, 0) is 14.4 Å². The molecule has 0 spiro atoms. The molecule has 1 saturated heterocycles. The molecule has 1 aliphatic heterocycles. The minimum Gasteiger partial charge on any atom is -0.335 e. The first-order valence-electron chi connectivity index (χ1n) is 8.50. The molecule has 3 amide bonds. The third-order valence-electron chi connectivity index (χ3n) is 4.29. The lowest BCUT2D eigenvalue weighted by Crippen LogP contribution is -2.52. The lowest BCUT2D eigenvalue weighted by molar-refractivity contribution is -0.145. The molecule has 26 heavy (non-hydrogen) atoms. The fraction of sp³-hybridized carbons (Fsp3) is 0.500. The SMILES string of the molecule is CC(C)C(C(=O)N(C)CC(=O)Nc1ccc(Cl)c(Cl)c1)N1CCCC1=O. The number of nitrogens with one attached hydrogen (secondary N) is 1. The summed E-state index contributed by atoms with van der Waals surface area (Å²) in [7, 11) is 1.56. The molecule has 1 N–H and O–H groups in total. The van der Waals surface area contributed by atoms with Crippen LogP contribution in [0.15, 0.2) is 18.2 Å². The Kier molecular flexibility index (Phi) is 6.89. The van der Waals surface area contributed by atoms with Gasteiger partial charge in [-0.25, -0.2) is 0 Å². The van der Waals surface area contributed by atoms with Crippen molar-refractivity contribution in [3.05, 3.63) is 28.2 Å². The summed E-state index contributed by atoms with van der Waals surface area (Å²) < 4.78 is 0. The standard InChI is InChI=1S/C18H23Cl2N3O3/c1-11(2)17(23-8-4-5-16(23)25)18(26)22(3)10-15(24)21-12-6-7-13(19)14(20)9-12/h6-7,9,11,17H,4-5,8,10H2,1-3H3,(H,21,24). The molecule has 8 heteroatoms. The van der Waals surface area contributed by atoms with Crippen molar-refractivity contribution in [2.45, 2.75) is 32.7 Å². The summed E-state index contributed by atoms with van der Waals surface area (Å²) in [6.07, 6.45) is 1.23. The normalized spacial score (nSPS) is 15.3. The largest absolute Gasteiger partial charge is 0.335 e. The van der Waals surface area contributed by atoms with Crippen LogP contribution in [0.4, 0.5) is 5.69 Å². The van der Waals surface area contributed by atoms with E-state index in [1.54, 1.807) is 30.1 Å². The van der Waals surface area contributed by atoms with Gasteiger partial charge in [-0.2, -0.15) is 0 Å². The molecule has 1 aromatic carbocycles. The van der Waals surface area contributed by atoms with Gasteiger partial charge in [0.1, 0.15) is 6.04 Å². The number of hydrogen-bond acceptors (Lipinski definition) is 3. The van der Waals surface area contributed by atoms with Crippen LogP contribution < -0.4 is 5.32 Å². The molecule has 0 radical (unpaired) electrons. The number of benzene rings is 1. The van der Waals surface area contributed by atoms with Gasteiger partial charge in [-0.05, 0) is 30.5 Å². The maximum absolute atomic E-state index is 12.8. The Hall–Kier alpha value is -1.79. The zero-order valence-corrected chi connectivity index (χ0v) is 16.6. The Morgan fingerprint density at radius 2 is 1.96 bits per heavy atom. The molecule has 1 heterocycles. The van der Waals surface area contributed by atoms with Gasteiger partial charge >= 0.3 is 0 Å². The second-order valence-electron chi connectivity index (χ2n) is 6.75. The van der Waals surface area contributed by atoms with Gasteiger partial charge in [0.25, 0.3) is 0 Å². The fourth-order valence-corrected chi connectivity index (χ4v) is 3.33. The van der Waals surface area contributed by atoms with Crippen molar-refractivity contribution < 1.29 is 14.4 Å². The van der Waals surface area contributed by atoms with E-state index in [1.165, 1.54) is 4.90 Å². The summed E-state index contributed by atoms with van der Waals surface area (Å²) in [5.74, 6) is -0.634. The van der Waals surface area contributed by atoms with Gasteiger partial charge in [0.2, 0.25) is 17.7 Å². The van der Waals surface area contributed by atoms with Crippen LogP contribution in [-0.4, -0.2) is 53.7 Å². The topological polar surface area (TPSA) is 69.7 Å². The van der Waals surface area contributed by atoms with Gasteiger partial charge in [0.05, 0.1) is 16.6 Å². The highest BCUT2D eigenvalue weighted by molar-refractivity contribution is 6.42. The van der Waals surface area contributed by atoms with Crippen LogP contribution in [0.5, 0.6) is 0 Å². The number of carbonyl (C=O) groups is 3. The number of likely N-dealkylation sites (tertiary alicyclic amines) is 1. The zero-order chi connectivity index (χ0) is 19.4. The molecule has 0 bridgehead atoms. The molecule has 2 rings (SSSR count). The van der Waals surface area contributed by atoms with Gasteiger partial charge in [-0.1, -0.05) is 37.0 Å². The fourth-order valence-electron chi connectivity index (χ4n) is 3.04. The molecular formula is C18H23Cl2N3O3. The first-order chi connectivity index (χ1) is 12.2. The zero-order valence-electron chi connectivity index (χ0n) is 15.1. The molecule has 6 nitrogen and oxygen atoms in total. The summed E-state index contributed by atoms with van der Waals surface area (Å²) in [5, 5.41) is 3.42. The van der Waals surface area contributed by atoms with Crippen molar-refractivity contribution in [1.29, 1.82) is 0 Å². The first-order valence-corrected chi connectivity index (χ1v) is 9.25. The summed E-state index contributed by atoms with van der Waals surface area (Å²) >= 11 is 11.8. The van der Waals surface area contributed by atoms with E-state index in [4.69, 9.17) is 23.2 Å². The molecule has 1 aromatic rings. The van der Waals surface area contributed by atoms with Crippen LogP contribution in [0, 0.1) is 5.92 Å². The smallest absolute Gasteiger partial charge is 0.245 e. The van der Waals surface area contributed by atoms with E-state index in [9.17, 15) is 14.4 Å². The van der Waals surface area contributed by atoms with Crippen molar-refractivity contribution in [2.75, 3.05) is 25.5 Å². The lowest BCUT2D eigenvalue weighted by Gasteiger charge is -2.33. The van der Waals surface area contributed by atoms with Crippen molar-refractivity contribution >= 4 is 46.6 Å². The molecule has 1 fully saturated rings. The minimum atomic E-state index is -0.548. The molecule has 0 saturated carbocycles. The lowest BCUT2D eigenvalue weighted by atomic mass is 10.0. The number of carbonyl (C=O) groups excluding carboxylic acids is 3. The summed E-state index contributed by atoms with van der Waals surface area (Å²) in [4.78, 5) is 40.1. The van der Waals surface area contributed by atoms with Crippen LogP contribution in [0.3, 0.4) is 0 Å². The second-order valence-corrected chi connectivity index (χ2v) is 7.57. The van der Waals surface area contributed by atoms with E-state index in [1.807, 2.05) is 13.8 Å². The average molecular weight is 400 g/mol. The van der Waals surface area contributed by atoms with Crippen molar-refractivity contribution in [2.24, 2.45) is 5.92 Å². The van der Waals surface area contributed by atoms with Crippen LogP contribution in [0.2, 0.25) is 10.0 Å². The molecule has 1 unspecified atom stereocenters. The van der Waals surface area contributed by atoms with E-state index in [-0.39, 0.29) is 30.2 Å². The molecule has 1 aliphatic rings. The molecule has 0 aliphatic carbocycles. The van der Waals surface area contributed by atoms with Crippen LogP contribution in [0.25, 0.3) is 0 Å². The van der Waals surface area contributed by atoms with E-state index in [0.717, 1.165) is 6.42 Å². The Balaban J connectivity index is 2.00. The predicted molar refractivity (Wildman–Crippen MR) is 102 cm³/mol. The van der Waals surface area contributed by atoms with E-state index < -0.39 is 6.04 Å². The summed E-state index contributed by atoms with van der Waals surface area (Å²) in [6.45, 7) is 4.26. The molecule has 0 aromatic heterocycles. The summed E-state index contributed by atoms with van der Waals surface area (Å²) in [6, 6.07) is 4.21. The number of halogens is 2. The third kappa shape index (κ3) is 4.89. The van der Waals surface area contributed by atoms with Crippen LogP contribution in [0.1, 0.15) is 26.7 Å². The Morgan fingerprint density at radius 1 is 1.27 bits per heavy atom. The highest BCUT2D eigenvalue weighted by atomic mass is 35.5. The van der Waals surface area contributed by atoms with E-state index in [2.05, 4.69) is 5.32 Å². The molecule has 1 atom stereocenters.